The second-order valence-electron chi connectivity index (χ2n) is 4.66. The number of nitrogens with zero attached hydrogens (tertiary/aromatic N) is 2. The lowest BCUT2D eigenvalue weighted by Crippen LogP contribution is -2.26. The van der Waals surface area contributed by atoms with E-state index < -0.39 is 0 Å². The molecule has 19 heavy (non-hydrogen) atoms. The van der Waals surface area contributed by atoms with Crippen molar-refractivity contribution in [1.82, 2.24) is 10.1 Å². The van der Waals surface area contributed by atoms with Crippen molar-refractivity contribution < 1.29 is 4.52 Å². The highest BCUT2D eigenvalue weighted by Gasteiger charge is 2.30. The van der Waals surface area contributed by atoms with E-state index in [4.69, 9.17) is 10.3 Å². The summed E-state index contributed by atoms with van der Waals surface area (Å²) in [5.41, 5.74) is 7.20. The van der Waals surface area contributed by atoms with E-state index in [1.54, 1.807) is 0 Å². The Morgan fingerprint density at radius 3 is 2.79 bits per heavy atom. The smallest absolute Gasteiger partial charge is 0.232 e. The van der Waals surface area contributed by atoms with Gasteiger partial charge in [-0.25, -0.2) is 0 Å². The van der Waals surface area contributed by atoms with Gasteiger partial charge in [0.05, 0.1) is 5.92 Å². The molecule has 100 valence electrons. The summed E-state index contributed by atoms with van der Waals surface area (Å²) in [6.07, 6.45) is 0.686. The van der Waals surface area contributed by atoms with E-state index in [1.165, 1.54) is 5.56 Å². The van der Waals surface area contributed by atoms with Crippen LogP contribution in [-0.4, -0.2) is 27.7 Å². The second-order valence-corrected chi connectivity index (χ2v) is 6.65. The summed E-state index contributed by atoms with van der Waals surface area (Å²) in [4.78, 5) is 4.48. The fraction of sp³-hybridized carbons (Fsp3) is 0.385. The van der Waals surface area contributed by atoms with Crippen LogP contribution < -0.4 is 5.73 Å². The Labute approximate surface area is 124 Å². The maximum atomic E-state index is 6.04. The van der Waals surface area contributed by atoms with E-state index in [9.17, 15) is 0 Å². The molecular formula is C13H14BrN3OS. The van der Waals surface area contributed by atoms with Crippen LogP contribution in [0, 0.1) is 0 Å². The van der Waals surface area contributed by atoms with Crippen LogP contribution in [0.5, 0.6) is 0 Å². The van der Waals surface area contributed by atoms with Crippen molar-refractivity contribution in [2.75, 3.05) is 11.5 Å². The molecule has 1 aromatic heterocycles. The van der Waals surface area contributed by atoms with Gasteiger partial charge in [-0.2, -0.15) is 16.7 Å². The van der Waals surface area contributed by atoms with Gasteiger partial charge in [0.2, 0.25) is 5.89 Å². The van der Waals surface area contributed by atoms with Gasteiger partial charge in [-0.3, -0.25) is 0 Å². The minimum absolute atomic E-state index is 0.131. The van der Waals surface area contributed by atoms with Crippen LogP contribution in [-0.2, 0) is 6.42 Å². The highest BCUT2D eigenvalue weighted by Crippen LogP contribution is 2.30. The molecule has 1 aliphatic rings. The molecule has 3 rings (SSSR count). The maximum Gasteiger partial charge on any atom is 0.232 e. The molecule has 1 aromatic carbocycles. The molecule has 2 heterocycles. The van der Waals surface area contributed by atoms with Gasteiger partial charge in [-0.05, 0) is 17.7 Å². The van der Waals surface area contributed by atoms with Gasteiger partial charge in [0.1, 0.15) is 0 Å². The summed E-state index contributed by atoms with van der Waals surface area (Å²) in [5, 5.41) is 4.05. The van der Waals surface area contributed by atoms with Gasteiger partial charge in [0.25, 0.3) is 0 Å². The number of rotatable bonds is 3. The van der Waals surface area contributed by atoms with E-state index in [-0.39, 0.29) is 12.0 Å². The number of halogens is 1. The third-order valence-corrected chi connectivity index (χ3v) is 4.95. The third-order valence-electron chi connectivity index (χ3n) is 3.20. The van der Waals surface area contributed by atoms with Crippen LogP contribution >= 0.6 is 27.7 Å². The van der Waals surface area contributed by atoms with Crippen molar-refractivity contribution >= 4 is 27.7 Å². The van der Waals surface area contributed by atoms with E-state index in [0.717, 1.165) is 21.8 Å². The minimum atomic E-state index is 0.131. The molecule has 0 aliphatic carbocycles. The average molecular weight is 340 g/mol. The first kappa shape index (κ1) is 13.1. The monoisotopic (exact) mass is 339 g/mol. The zero-order valence-electron chi connectivity index (χ0n) is 10.3. The third kappa shape index (κ3) is 3.01. The summed E-state index contributed by atoms with van der Waals surface area (Å²) in [6.45, 7) is 0. The molecule has 2 aromatic rings. The lowest BCUT2D eigenvalue weighted by atomic mass is 10.1. The zero-order valence-corrected chi connectivity index (χ0v) is 12.7. The topological polar surface area (TPSA) is 64.9 Å². The highest BCUT2D eigenvalue weighted by atomic mass is 79.9. The number of hydrogen-bond acceptors (Lipinski definition) is 5. The summed E-state index contributed by atoms with van der Waals surface area (Å²) in [6, 6.07) is 8.26. The first-order valence-corrected chi connectivity index (χ1v) is 8.07. The Hall–Kier alpha value is -0.850. The summed E-state index contributed by atoms with van der Waals surface area (Å²) in [7, 11) is 0. The molecule has 1 fully saturated rings. The maximum absolute atomic E-state index is 6.04. The normalized spacial score (nSPS) is 22.8. The fourth-order valence-corrected chi connectivity index (χ4v) is 3.65. The SMILES string of the molecule is NC1CSCC1c1nc(Cc2ccc(Br)cc2)no1. The second kappa shape index (κ2) is 5.64. The number of nitrogens with two attached hydrogens (primary N) is 1. The van der Waals surface area contributed by atoms with Crippen LogP contribution in [0.1, 0.15) is 23.2 Å². The van der Waals surface area contributed by atoms with Gasteiger partial charge >= 0.3 is 0 Å². The quantitative estimate of drug-likeness (QED) is 0.930. The molecule has 2 N–H and O–H groups in total. The molecule has 6 heteroatoms. The zero-order chi connectivity index (χ0) is 13.2. The molecule has 1 saturated heterocycles. The lowest BCUT2D eigenvalue weighted by molar-refractivity contribution is 0.349. The van der Waals surface area contributed by atoms with E-state index in [1.807, 2.05) is 23.9 Å². The van der Waals surface area contributed by atoms with Crippen molar-refractivity contribution in [3.05, 3.63) is 46.0 Å². The standard InChI is InChI=1S/C13H14BrN3OS/c14-9-3-1-8(2-4-9)5-12-16-13(18-17-12)10-6-19-7-11(10)15/h1-4,10-11H,5-7,15H2. The fourth-order valence-electron chi connectivity index (χ4n) is 2.10. The van der Waals surface area contributed by atoms with Gasteiger partial charge in [-0.1, -0.05) is 33.2 Å². The molecule has 4 nitrogen and oxygen atoms in total. The van der Waals surface area contributed by atoms with Crippen molar-refractivity contribution in [2.45, 2.75) is 18.4 Å². The van der Waals surface area contributed by atoms with Crippen LogP contribution in [0.3, 0.4) is 0 Å². The summed E-state index contributed by atoms with van der Waals surface area (Å²) >= 11 is 5.26. The lowest BCUT2D eigenvalue weighted by Gasteiger charge is -2.07. The number of aromatic nitrogens is 2. The van der Waals surface area contributed by atoms with Gasteiger partial charge in [-0.15, -0.1) is 0 Å². The van der Waals surface area contributed by atoms with Crippen molar-refractivity contribution in [3.8, 4) is 0 Å². The number of benzene rings is 1. The molecule has 2 atom stereocenters. The summed E-state index contributed by atoms with van der Waals surface area (Å²) < 4.78 is 6.42. The molecule has 0 radical (unpaired) electrons. The van der Waals surface area contributed by atoms with Crippen LogP contribution in [0.25, 0.3) is 0 Å². The Morgan fingerprint density at radius 1 is 1.32 bits per heavy atom. The largest absolute Gasteiger partial charge is 0.339 e. The first-order chi connectivity index (χ1) is 9.22. The Balaban J connectivity index is 1.72. The van der Waals surface area contributed by atoms with Crippen molar-refractivity contribution in [1.29, 1.82) is 0 Å². The molecule has 2 unspecified atom stereocenters. The van der Waals surface area contributed by atoms with E-state index in [0.29, 0.717) is 12.3 Å². The van der Waals surface area contributed by atoms with Crippen LogP contribution in [0.4, 0.5) is 0 Å². The van der Waals surface area contributed by atoms with Gasteiger partial charge < -0.3 is 10.3 Å². The predicted octanol–water partition coefficient (Wildman–Crippen LogP) is 2.58. The van der Waals surface area contributed by atoms with Crippen molar-refractivity contribution in [2.24, 2.45) is 5.73 Å². The molecular weight excluding hydrogens is 326 g/mol. The average Bonchev–Trinajstić information content (AvgIpc) is 3.01. The minimum Gasteiger partial charge on any atom is -0.339 e. The van der Waals surface area contributed by atoms with E-state index in [2.05, 4.69) is 38.2 Å². The van der Waals surface area contributed by atoms with E-state index >= 15 is 0 Å². The number of hydrogen-bond donors (Lipinski definition) is 1. The highest BCUT2D eigenvalue weighted by molar-refractivity contribution is 9.10. The molecule has 0 amide bonds. The molecule has 1 aliphatic heterocycles. The van der Waals surface area contributed by atoms with Crippen LogP contribution in [0.15, 0.2) is 33.3 Å². The molecule has 0 spiro atoms. The Morgan fingerprint density at radius 2 is 2.11 bits per heavy atom. The first-order valence-electron chi connectivity index (χ1n) is 6.12. The van der Waals surface area contributed by atoms with Gasteiger partial charge in [0, 0.05) is 28.4 Å². The van der Waals surface area contributed by atoms with Crippen molar-refractivity contribution in [3.63, 3.8) is 0 Å². The Bertz CT molecular complexity index is 557. The molecule has 0 bridgehead atoms. The Kier molecular flexibility index (Phi) is 3.91. The van der Waals surface area contributed by atoms with Crippen LogP contribution in [0.2, 0.25) is 0 Å². The summed E-state index contributed by atoms with van der Waals surface area (Å²) in [5.74, 6) is 3.55. The predicted molar refractivity (Wildman–Crippen MR) is 79.3 cm³/mol. The molecule has 0 saturated carbocycles. The number of thioether (sulfide) groups is 1. The van der Waals surface area contributed by atoms with Gasteiger partial charge in [0.15, 0.2) is 5.82 Å².